The number of hydrogen-bond acceptors (Lipinski definition) is 3. The van der Waals surface area contributed by atoms with Crippen LogP contribution < -0.4 is 0 Å². The summed E-state index contributed by atoms with van der Waals surface area (Å²) in [6.07, 6.45) is 12.6. The average Bonchev–Trinajstić information content (AvgIpc) is 3.01. The molecule has 0 amide bonds. The lowest BCUT2D eigenvalue weighted by atomic mass is 9.76. The summed E-state index contributed by atoms with van der Waals surface area (Å²) in [7, 11) is 0. The van der Waals surface area contributed by atoms with E-state index in [1.807, 2.05) is 85.1 Å². The lowest BCUT2D eigenvalue weighted by Gasteiger charge is -2.28. The van der Waals surface area contributed by atoms with E-state index >= 15 is 0 Å². The Hall–Kier alpha value is -3.33. The van der Waals surface area contributed by atoms with E-state index in [0.717, 1.165) is 40.7 Å². The van der Waals surface area contributed by atoms with Crippen LogP contribution in [0.2, 0.25) is 0 Å². The fourth-order valence-electron chi connectivity index (χ4n) is 5.34. The van der Waals surface area contributed by atoms with E-state index in [2.05, 4.69) is 49.2 Å². The number of pyridine rings is 1. The molecule has 0 spiro atoms. The molecule has 1 fully saturated rings. The molecule has 2 aliphatic carbocycles. The first-order chi connectivity index (χ1) is 19.8. The van der Waals surface area contributed by atoms with E-state index in [1.54, 1.807) is 6.92 Å². The number of aryl methyl sites for hydroxylation is 3. The van der Waals surface area contributed by atoms with Crippen molar-refractivity contribution in [3.05, 3.63) is 94.3 Å². The van der Waals surface area contributed by atoms with E-state index in [-0.39, 0.29) is 7.21 Å². The quantitative estimate of drug-likeness (QED) is 0.322. The molecule has 0 saturated heterocycles. The molecule has 224 valence electrons. The largest absolute Gasteiger partial charge is 0.300 e. The molecule has 1 heterocycles. The maximum atomic E-state index is 11.7. The Balaban J connectivity index is 0.000000668. The first-order valence-electron chi connectivity index (χ1n) is 15.6. The summed E-state index contributed by atoms with van der Waals surface area (Å²) in [5.41, 5.74) is 9.40. The molecule has 2 aromatic carbocycles. The highest BCUT2D eigenvalue weighted by Gasteiger charge is 2.25. The molecule has 1 aromatic heterocycles. The molecule has 1 saturated carbocycles. The van der Waals surface area contributed by atoms with E-state index in [9.17, 15) is 9.59 Å². The third-order valence-electron chi connectivity index (χ3n) is 7.33. The fraction of sp³-hybridized carbons (Fsp3) is 0.447. The summed E-state index contributed by atoms with van der Waals surface area (Å²) >= 11 is 0. The first kappa shape index (κ1) is 35.7. The number of fused-ring (bicyclic) bond motifs is 1. The van der Waals surface area contributed by atoms with Crippen molar-refractivity contribution in [3.8, 4) is 11.1 Å². The minimum Gasteiger partial charge on any atom is -0.300 e. The van der Waals surface area contributed by atoms with Crippen LogP contribution >= 0.6 is 0 Å². The van der Waals surface area contributed by atoms with Crippen LogP contribution in [0.3, 0.4) is 0 Å². The topological polar surface area (TPSA) is 47.0 Å². The van der Waals surface area contributed by atoms with Crippen LogP contribution in [-0.2, 0) is 4.79 Å². The van der Waals surface area contributed by atoms with Crippen molar-refractivity contribution in [2.75, 3.05) is 0 Å². The van der Waals surface area contributed by atoms with Gasteiger partial charge in [0.15, 0.2) is 5.78 Å². The highest BCUT2D eigenvalue weighted by molar-refractivity contribution is 6.03. The molecule has 0 radical (unpaired) electrons. The SMILES string of the molecule is CC.CC.CC.CC(=O)C1CCC(c2ccc(C)cc2C)CC1.Cc1cncc(-c2ccc3c(c2)C=CCC3=O)c1.[HH]. The van der Waals surface area contributed by atoms with Gasteiger partial charge in [-0.2, -0.15) is 0 Å². The highest BCUT2D eigenvalue weighted by atomic mass is 16.1. The summed E-state index contributed by atoms with van der Waals surface area (Å²) < 4.78 is 0. The van der Waals surface area contributed by atoms with Crippen molar-refractivity contribution in [2.24, 2.45) is 5.92 Å². The van der Waals surface area contributed by atoms with Crippen LogP contribution in [0.15, 0.2) is 60.9 Å². The minimum atomic E-state index is 0. The summed E-state index contributed by atoms with van der Waals surface area (Å²) in [6, 6.07) is 14.8. The van der Waals surface area contributed by atoms with Crippen LogP contribution in [0.25, 0.3) is 17.2 Å². The maximum absolute atomic E-state index is 11.7. The van der Waals surface area contributed by atoms with Gasteiger partial charge in [-0.25, -0.2) is 0 Å². The molecule has 5 rings (SSSR count). The number of hydrogen-bond donors (Lipinski definition) is 0. The van der Waals surface area contributed by atoms with Crippen molar-refractivity contribution in [3.63, 3.8) is 0 Å². The van der Waals surface area contributed by atoms with Crippen molar-refractivity contribution >= 4 is 17.6 Å². The molecule has 0 N–H and O–H groups in total. The van der Waals surface area contributed by atoms with Gasteiger partial charge in [0, 0.05) is 37.3 Å². The number of allylic oxidation sites excluding steroid dienone is 1. The van der Waals surface area contributed by atoms with Crippen LogP contribution in [0, 0.1) is 26.7 Å². The number of benzene rings is 2. The Morgan fingerprint density at radius 2 is 1.44 bits per heavy atom. The van der Waals surface area contributed by atoms with Gasteiger partial charge < -0.3 is 0 Å². The lowest BCUT2D eigenvalue weighted by molar-refractivity contribution is -0.121. The van der Waals surface area contributed by atoms with Gasteiger partial charge in [-0.3, -0.25) is 14.6 Å². The van der Waals surface area contributed by atoms with Crippen LogP contribution in [-0.4, -0.2) is 16.6 Å². The molecule has 2 aliphatic rings. The third kappa shape index (κ3) is 10.5. The summed E-state index contributed by atoms with van der Waals surface area (Å²) in [4.78, 5) is 27.3. The number of Topliss-reactive ketones (excluding diaryl/α,β-unsaturated/α-hetero) is 2. The van der Waals surface area contributed by atoms with Crippen molar-refractivity contribution in [1.29, 1.82) is 0 Å². The molecular formula is C38H55NO2. The second-order valence-corrected chi connectivity index (χ2v) is 10.1. The molecule has 0 atom stereocenters. The first-order valence-corrected chi connectivity index (χ1v) is 15.6. The van der Waals surface area contributed by atoms with Gasteiger partial charge in [0.25, 0.3) is 0 Å². The van der Waals surface area contributed by atoms with E-state index in [0.29, 0.717) is 24.0 Å². The number of rotatable bonds is 3. The second-order valence-electron chi connectivity index (χ2n) is 10.1. The van der Waals surface area contributed by atoms with Crippen molar-refractivity contribution in [1.82, 2.24) is 4.98 Å². The van der Waals surface area contributed by atoms with Gasteiger partial charge in [-0.05, 0) is 99.2 Å². The zero-order chi connectivity index (χ0) is 30.9. The zero-order valence-corrected chi connectivity index (χ0v) is 27.3. The Labute approximate surface area is 252 Å². The average molecular weight is 558 g/mol. The Bertz CT molecular complexity index is 1270. The molecular weight excluding hydrogens is 502 g/mol. The number of nitrogens with zero attached hydrogens (tertiary/aromatic N) is 1. The maximum Gasteiger partial charge on any atom is 0.167 e. The predicted octanol–water partition coefficient (Wildman–Crippen LogP) is 11.1. The van der Waals surface area contributed by atoms with Gasteiger partial charge in [0.05, 0.1) is 0 Å². The van der Waals surface area contributed by atoms with Crippen LogP contribution in [0.1, 0.15) is 126 Å². The standard InChI is InChI=1S/C16H13NO.C16H22O.3C2H6.H2/c1-11-7-14(10-17-9-11)12-5-6-15-13(8-12)3-2-4-16(15)18;1-11-4-9-16(12(2)10-11)15-7-5-14(6-8-15)13(3)17;3*1-2;/h2-3,5-10H,4H2,1H3;4,9-10,14-15H,5-8H2,1-3H3;3*1-2H3;1H. The van der Waals surface area contributed by atoms with Gasteiger partial charge in [0.1, 0.15) is 5.78 Å². The minimum absolute atomic E-state index is 0. The fourth-order valence-corrected chi connectivity index (χ4v) is 5.34. The molecule has 3 aromatic rings. The third-order valence-corrected chi connectivity index (χ3v) is 7.33. The summed E-state index contributed by atoms with van der Waals surface area (Å²) in [5.74, 6) is 1.58. The Morgan fingerprint density at radius 3 is 2.02 bits per heavy atom. The smallest absolute Gasteiger partial charge is 0.167 e. The molecule has 0 aliphatic heterocycles. The van der Waals surface area contributed by atoms with Crippen molar-refractivity contribution in [2.45, 2.75) is 107 Å². The van der Waals surface area contributed by atoms with Gasteiger partial charge >= 0.3 is 0 Å². The Kier molecular flexibility index (Phi) is 16.5. The van der Waals surface area contributed by atoms with Gasteiger partial charge in [-0.15, -0.1) is 0 Å². The zero-order valence-electron chi connectivity index (χ0n) is 27.3. The monoisotopic (exact) mass is 557 g/mol. The van der Waals surface area contributed by atoms with Crippen LogP contribution in [0.5, 0.6) is 0 Å². The molecule has 0 bridgehead atoms. The van der Waals surface area contributed by atoms with Crippen LogP contribution in [0.4, 0.5) is 0 Å². The lowest BCUT2D eigenvalue weighted by Crippen LogP contribution is -2.19. The summed E-state index contributed by atoms with van der Waals surface area (Å²) in [5, 5.41) is 0. The number of carbonyl (C=O) groups excluding carboxylic acids is 2. The van der Waals surface area contributed by atoms with E-state index in [4.69, 9.17) is 0 Å². The van der Waals surface area contributed by atoms with Gasteiger partial charge in [0.2, 0.25) is 0 Å². The molecule has 41 heavy (non-hydrogen) atoms. The normalized spacial score (nSPS) is 16.6. The second kappa shape index (κ2) is 18.9. The van der Waals surface area contributed by atoms with Crippen molar-refractivity contribution < 1.29 is 11.0 Å². The molecule has 3 nitrogen and oxygen atoms in total. The van der Waals surface area contributed by atoms with E-state index < -0.39 is 0 Å². The van der Waals surface area contributed by atoms with Gasteiger partial charge in [-0.1, -0.05) is 89.6 Å². The number of aromatic nitrogens is 1. The molecule has 3 heteroatoms. The Morgan fingerprint density at radius 1 is 0.780 bits per heavy atom. The molecule has 0 unspecified atom stereocenters. The number of carbonyl (C=O) groups is 2. The number of ketones is 2. The summed E-state index contributed by atoms with van der Waals surface area (Å²) in [6.45, 7) is 20.1. The van der Waals surface area contributed by atoms with E-state index in [1.165, 1.54) is 29.5 Å². The predicted molar refractivity (Wildman–Crippen MR) is 180 cm³/mol. The highest BCUT2D eigenvalue weighted by Crippen LogP contribution is 2.37.